The molecule has 6 heteroatoms. The van der Waals surface area contributed by atoms with Gasteiger partial charge >= 0.3 is 0 Å². The van der Waals surface area contributed by atoms with Crippen molar-refractivity contribution in [2.45, 2.75) is 12.5 Å². The lowest BCUT2D eigenvalue weighted by molar-refractivity contribution is 0.485. The van der Waals surface area contributed by atoms with Crippen LogP contribution in [-0.4, -0.2) is 0 Å². The van der Waals surface area contributed by atoms with Gasteiger partial charge in [0, 0.05) is 11.6 Å². The van der Waals surface area contributed by atoms with Gasteiger partial charge in [-0.15, -0.1) is 0 Å². The molecule has 2 N–H and O–H groups in total. The Hall–Kier alpha value is -1.40. The van der Waals surface area contributed by atoms with E-state index in [0.717, 1.165) is 12.1 Å². The molecule has 2 aromatic rings. The van der Waals surface area contributed by atoms with Gasteiger partial charge in [-0.05, 0) is 46.1 Å². The number of halogens is 5. The Labute approximate surface area is 121 Å². The highest BCUT2D eigenvalue weighted by atomic mass is 79.9. The second kappa shape index (κ2) is 5.93. The van der Waals surface area contributed by atoms with Gasteiger partial charge in [0.2, 0.25) is 0 Å². The lowest BCUT2D eigenvalue weighted by atomic mass is 9.98. The second-order valence-corrected chi connectivity index (χ2v) is 5.13. The summed E-state index contributed by atoms with van der Waals surface area (Å²) >= 11 is 2.93. The summed E-state index contributed by atoms with van der Waals surface area (Å²) in [6.45, 7) is 0. The lowest BCUT2D eigenvalue weighted by Gasteiger charge is -2.15. The van der Waals surface area contributed by atoms with E-state index in [2.05, 4.69) is 15.9 Å². The van der Waals surface area contributed by atoms with Crippen LogP contribution in [-0.2, 0) is 6.42 Å². The predicted octanol–water partition coefficient (Wildman–Crippen LogP) is 4.25. The third kappa shape index (κ3) is 2.86. The second-order valence-electron chi connectivity index (χ2n) is 4.28. The molecule has 1 atom stereocenters. The molecule has 1 unspecified atom stereocenters. The molecular formula is C14H10BrF4N. The number of rotatable bonds is 3. The fourth-order valence-electron chi connectivity index (χ4n) is 1.93. The summed E-state index contributed by atoms with van der Waals surface area (Å²) in [4.78, 5) is 0. The molecule has 1 nitrogen and oxygen atoms in total. The number of hydrogen-bond acceptors (Lipinski definition) is 1. The molecule has 0 heterocycles. The smallest absolute Gasteiger partial charge is 0.162 e. The molecule has 0 bridgehead atoms. The van der Waals surface area contributed by atoms with Gasteiger partial charge in [-0.3, -0.25) is 0 Å². The van der Waals surface area contributed by atoms with Crippen LogP contribution in [0.15, 0.2) is 34.8 Å². The van der Waals surface area contributed by atoms with E-state index in [-0.39, 0.29) is 22.0 Å². The molecule has 2 rings (SSSR count). The third-order valence-electron chi connectivity index (χ3n) is 2.92. The minimum atomic E-state index is -1.12. The van der Waals surface area contributed by atoms with Gasteiger partial charge in [0.15, 0.2) is 11.6 Å². The Morgan fingerprint density at radius 3 is 2.35 bits per heavy atom. The van der Waals surface area contributed by atoms with Crippen LogP contribution in [0.2, 0.25) is 0 Å². The maximum Gasteiger partial charge on any atom is 0.162 e. The van der Waals surface area contributed by atoms with E-state index >= 15 is 0 Å². The molecular weight excluding hydrogens is 338 g/mol. The van der Waals surface area contributed by atoms with Gasteiger partial charge in [0.1, 0.15) is 11.6 Å². The first-order valence-electron chi connectivity index (χ1n) is 5.73. The van der Waals surface area contributed by atoms with Crippen LogP contribution in [0.4, 0.5) is 17.6 Å². The molecule has 0 saturated carbocycles. The molecule has 0 aliphatic carbocycles. The van der Waals surface area contributed by atoms with Crippen molar-refractivity contribution in [2.24, 2.45) is 5.73 Å². The zero-order valence-electron chi connectivity index (χ0n) is 10.1. The fourth-order valence-corrected chi connectivity index (χ4v) is 2.27. The molecule has 2 aromatic carbocycles. The predicted molar refractivity (Wildman–Crippen MR) is 71.0 cm³/mol. The summed E-state index contributed by atoms with van der Waals surface area (Å²) < 4.78 is 54.2. The summed E-state index contributed by atoms with van der Waals surface area (Å²) in [6.07, 6.45) is -0.214. The monoisotopic (exact) mass is 347 g/mol. The zero-order valence-corrected chi connectivity index (χ0v) is 11.7. The molecule has 0 fully saturated rings. The highest BCUT2D eigenvalue weighted by Crippen LogP contribution is 2.28. The standard InChI is InChI=1S/C14H10BrF4N/c15-8-4-5-9(16)12(14(8)19)11(20)6-7-2-1-3-10(17)13(7)18/h1-5,11H,6,20H2. The summed E-state index contributed by atoms with van der Waals surface area (Å²) in [7, 11) is 0. The number of nitrogens with two attached hydrogens (primary N) is 1. The van der Waals surface area contributed by atoms with Gasteiger partial charge in [0.05, 0.1) is 4.47 Å². The molecule has 0 aliphatic heterocycles. The Balaban J connectivity index is 2.36. The Morgan fingerprint density at radius 2 is 1.65 bits per heavy atom. The van der Waals surface area contributed by atoms with Gasteiger partial charge in [-0.1, -0.05) is 12.1 Å². The minimum Gasteiger partial charge on any atom is -0.323 e. The molecule has 106 valence electrons. The fraction of sp³-hybridized carbons (Fsp3) is 0.143. The minimum absolute atomic E-state index is 0.0312. The topological polar surface area (TPSA) is 26.0 Å². The van der Waals surface area contributed by atoms with Crippen molar-refractivity contribution in [3.8, 4) is 0 Å². The van der Waals surface area contributed by atoms with Crippen molar-refractivity contribution < 1.29 is 17.6 Å². The van der Waals surface area contributed by atoms with E-state index < -0.39 is 29.3 Å². The van der Waals surface area contributed by atoms with Crippen molar-refractivity contribution in [1.82, 2.24) is 0 Å². The zero-order chi connectivity index (χ0) is 14.9. The Morgan fingerprint density at radius 1 is 0.950 bits per heavy atom. The summed E-state index contributed by atoms with van der Waals surface area (Å²) in [6, 6.07) is 4.75. The van der Waals surface area contributed by atoms with Crippen molar-refractivity contribution in [3.05, 3.63) is 69.2 Å². The maximum absolute atomic E-state index is 13.9. The van der Waals surface area contributed by atoms with E-state index in [0.29, 0.717) is 0 Å². The van der Waals surface area contributed by atoms with E-state index in [1.807, 2.05) is 0 Å². The summed E-state index contributed by atoms with van der Waals surface area (Å²) in [5, 5.41) is 0. The molecule has 0 aromatic heterocycles. The van der Waals surface area contributed by atoms with Crippen LogP contribution in [0.3, 0.4) is 0 Å². The van der Waals surface area contributed by atoms with Crippen LogP contribution < -0.4 is 5.73 Å². The highest BCUT2D eigenvalue weighted by Gasteiger charge is 2.21. The van der Waals surface area contributed by atoms with Crippen LogP contribution >= 0.6 is 15.9 Å². The van der Waals surface area contributed by atoms with Crippen LogP contribution in [0.1, 0.15) is 17.2 Å². The molecule has 0 aliphatic rings. The Bertz CT molecular complexity index is 645. The number of hydrogen-bond donors (Lipinski definition) is 1. The maximum atomic E-state index is 13.9. The quantitative estimate of drug-likeness (QED) is 0.651. The summed E-state index contributed by atoms with van der Waals surface area (Å²) in [5.41, 5.74) is 5.34. The summed E-state index contributed by atoms with van der Waals surface area (Å²) in [5.74, 6) is -3.74. The molecule has 0 amide bonds. The van der Waals surface area contributed by atoms with Crippen LogP contribution in [0, 0.1) is 23.3 Å². The first kappa shape index (κ1) is 15.0. The normalized spacial score (nSPS) is 12.5. The van der Waals surface area contributed by atoms with Gasteiger partial charge < -0.3 is 5.73 Å². The van der Waals surface area contributed by atoms with E-state index in [1.54, 1.807) is 0 Å². The third-order valence-corrected chi connectivity index (χ3v) is 3.53. The average Bonchev–Trinajstić information content (AvgIpc) is 2.40. The number of benzene rings is 2. The van der Waals surface area contributed by atoms with E-state index in [1.165, 1.54) is 18.2 Å². The van der Waals surface area contributed by atoms with Crippen molar-refractivity contribution in [3.63, 3.8) is 0 Å². The van der Waals surface area contributed by atoms with Gasteiger partial charge in [0.25, 0.3) is 0 Å². The van der Waals surface area contributed by atoms with Crippen LogP contribution in [0.5, 0.6) is 0 Å². The van der Waals surface area contributed by atoms with Gasteiger partial charge in [-0.2, -0.15) is 0 Å². The van der Waals surface area contributed by atoms with Crippen molar-refractivity contribution >= 4 is 15.9 Å². The first-order valence-corrected chi connectivity index (χ1v) is 6.53. The van der Waals surface area contributed by atoms with E-state index in [9.17, 15) is 17.6 Å². The molecule has 0 spiro atoms. The Kier molecular flexibility index (Phi) is 4.45. The SMILES string of the molecule is NC(Cc1cccc(F)c1F)c1c(F)ccc(Br)c1F. The highest BCUT2D eigenvalue weighted by molar-refractivity contribution is 9.10. The average molecular weight is 348 g/mol. The molecule has 0 radical (unpaired) electrons. The van der Waals surface area contributed by atoms with Crippen molar-refractivity contribution in [2.75, 3.05) is 0 Å². The van der Waals surface area contributed by atoms with E-state index in [4.69, 9.17) is 5.73 Å². The lowest BCUT2D eigenvalue weighted by Crippen LogP contribution is -2.18. The largest absolute Gasteiger partial charge is 0.323 e. The molecule has 20 heavy (non-hydrogen) atoms. The molecule has 0 saturated heterocycles. The van der Waals surface area contributed by atoms with Gasteiger partial charge in [-0.25, -0.2) is 17.6 Å². The van der Waals surface area contributed by atoms with Crippen molar-refractivity contribution in [1.29, 1.82) is 0 Å². The van der Waals surface area contributed by atoms with Crippen LogP contribution in [0.25, 0.3) is 0 Å². The first-order chi connectivity index (χ1) is 9.41.